The van der Waals surface area contributed by atoms with E-state index in [2.05, 4.69) is 38.1 Å². The SMILES string of the molecule is CC1(C)C2=C(C=CCC2)c2cc3c(cc21)CCC3. The van der Waals surface area contributed by atoms with Crippen LogP contribution in [-0.2, 0) is 18.3 Å². The first-order valence-corrected chi connectivity index (χ1v) is 7.25. The van der Waals surface area contributed by atoms with Gasteiger partial charge >= 0.3 is 0 Å². The Morgan fingerprint density at radius 2 is 1.78 bits per heavy atom. The van der Waals surface area contributed by atoms with Gasteiger partial charge in [0.05, 0.1) is 0 Å². The summed E-state index contributed by atoms with van der Waals surface area (Å²) in [6.07, 6.45) is 11.1. The van der Waals surface area contributed by atoms with Crippen molar-refractivity contribution in [3.63, 3.8) is 0 Å². The third kappa shape index (κ3) is 1.21. The maximum atomic E-state index is 2.52. The van der Waals surface area contributed by atoms with E-state index >= 15 is 0 Å². The van der Waals surface area contributed by atoms with Gasteiger partial charge < -0.3 is 0 Å². The Balaban J connectivity index is 1.99. The summed E-state index contributed by atoms with van der Waals surface area (Å²) in [6.45, 7) is 4.82. The van der Waals surface area contributed by atoms with Gasteiger partial charge in [0.15, 0.2) is 0 Å². The number of hydrogen-bond donors (Lipinski definition) is 0. The van der Waals surface area contributed by atoms with Gasteiger partial charge in [0, 0.05) is 5.41 Å². The molecule has 0 aliphatic heterocycles. The Labute approximate surface area is 109 Å². The first-order chi connectivity index (χ1) is 8.68. The van der Waals surface area contributed by atoms with E-state index in [4.69, 9.17) is 0 Å². The molecule has 0 atom stereocenters. The number of allylic oxidation sites excluding steroid dienone is 4. The van der Waals surface area contributed by atoms with Gasteiger partial charge in [-0.3, -0.25) is 0 Å². The number of rotatable bonds is 0. The van der Waals surface area contributed by atoms with Crippen molar-refractivity contribution in [3.8, 4) is 0 Å². The molecule has 1 aromatic rings. The molecule has 0 amide bonds. The summed E-state index contributed by atoms with van der Waals surface area (Å²) >= 11 is 0. The minimum atomic E-state index is 0.257. The second kappa shape index (κ2) is 3.38. The average molecular weight is 236 g/mol. The van der Waals surface area contributed by atoms with Crippen LogP contribution in [0, 0.1) is 0 Å². The highest BCUT2D eigenvalue weighted by atomic mass is 14.4. The molecule has 0 fully saturated rings. The van der Waals surface area contributed by atoms with Crippen molar-refractivity contribution in [1.29, 1.82) is 0 Å². The van der Waals surface area contributed by atoms with Crippen LogP contribution in [0.2, 0.25) is 0 Å². The number of hydrogen-bond acceptors (Lipinski definition) is 0. The van der Waals surface area contributed by atoms with Gasteiger partial charge in [0.1, 0.15) is 0 Å². The fourth-order valence-corrected chi connectivity index (χ4v) is 4.09. The Bertz CT molecular complexity index is 597. The lowest BCUT2D eigenvalue weighted by Gasteiger charge is -2.26. The molecule has 3 aliphatic carbocycles. The summed E-state index contributed by atoms with van der Waals surface area (Å²) in [5.74, 6) is 0. The molecule has 0 spiro atoms. The summed E-state index contributed by atoms with van der Waals surface area (Å²) in [4.78, 5) is 0. The molecule has 0 N–H and O–H groups in total. The van der Waals surface area contributed by atoms with E-state index in [0.717, 1.165) is 0 Å². The van der Waals surface area contributed by atoms with Gasteiger partial charge in [-0.05, 0) is 59.9 Å². The molecule has 0 bridgehead atoms. The second-order valence-electron chi connectivity index (χ2n) is 6.48. The molecule has 3 aliphatic rings. The van der Waals surface area contributed by atoms with Gasteiger partial charge in [-0.2, -0.15) is 0 Å². The van der Waals surface area contributed by atoms with Gasteiger partial charge in [-0.25, -0.2) is 0 Å². The first-order valence-electron chi connectivity index (χ1n) is 7.25. The fourth-order valence-electron chi connectivity index (χ4n) is 4.09. The molecule has 0 heterocycles. The van der Waals surface area contributed by atoms with E-state index < -0.39 is 0 Å². The molecule has 0 aromatic heterocycles. The van der Waals surface area contributed by atoms with Gasteiger partial charge in [-0.1, -0.05) is 43.7 Å². The van der Waals surface area contributed by atoms with E-state index in [-0.39, 0.29) is 5.41 Å². The molecule has 0 saturated heterocycles. The lowest BCUT2D eigenvalue weighted by Crippen LogP contribution is -2.18. The molecular weight excluding hydrogens is 216 g/mol. The molecular formula is C18H20. The van der Waals surface area contributed by atoms with Crippen LogP contribution in [-0.4, -0.2) is 0 Å². The van der Waals surface area contributed by atoms with Crippen molar-refractivity contribution in [2.75, 3.05) is 0 Å². The molecule has 0 radical (unpaired) electrons. The van der Waals surface area contributed by atoms with Gasteiger partial charge in [0.25, 0.3) is 0 Å². The predicted octanol–water partition coefficient (Wildman–Crippen LogP) is 4.57. The second-order valence-corrected chi connectivity index (χ2v) is 6.48. The van der Waals surface area contributed by atoms with Crippen LogP contribution in [0.1, 0.15) is 55.4 Å². The average Bonchev–Trinajstić information content (AvgIpc) is 2.91. The van der Waals surface area contributed by atoms with Crippen LogP contribution < -0.4 is 0 Å². The third-order valence-electron chi connectivity index (χ3n) is 5.12. The van der Waals surface area contributed by atoms with Crippen molar-refractivity contribution in [1.82, 2.24) is 0 Å². The van der Waals surface area contributed by atoms with Crippen molar-refractivity contribution < 1.29 is 0 Å². The van der Waals surface area contributed by atoms with Crippen molar-refractivity contribution in [3.05, 3.63) is 52.1 Å². The van der Waals surface area contributed by atoms with Crippen LogP contribution >= 0.6 is 0 Å². The Morgan fingerprint density at radius 1 is 1.00 bits per heavy atom. The predicted molar refractivity (Wildman–Crippen MR) is 76.8 cm³/mol. The zero-order chi connectivity index (χ0) is 12.3. The summed E-state index contributed by atoms with van der Waals surface area (Å²) in [6, 6.07) is 5.02. The maximum Gasteiger partial charge on any atom is 0.0121 e. The number of fused-ring (bicyclic) bond motifs is 3. The normalized spacial score (nSPS) is 23.0. The lowest BCUT2D eigenvalue weighted by molar-refractivity contribution is 0.606. The molecule has 4 rings (SSSR count). The van der Waals surface area contributed by atoms with Crippen molar-refractivity contribution in [2.45, 2.75) is 51.4 Å². The molecule has 0 nitrogen and oxygen atoms in total. The monoisotopic (exact) mass is 236 g/mol. The highest BCUT2D eigenvalue weighted by molar-refractivity contribution is 5.87. The highest BCUT2D eigenvalue weighted by Gasteiger charge is 2.38. The summed E-state index contributed by atoms with van der Waals surface area (Å²) in [5.41, 5.74) is 9.81. The summed E-state index contributed by atoms with van der Waals surface area (Å²) in [5, 5.41) is 0. The van der Waals surface area contributed by atoms with E-state index in [1.807, 2.05) is 0 Å². The van der Waals surface area contributed by atoms with Crippen LogP contribution in [0.3, 0.4) is 0 Å². The standard InChI is InChI=1S/C18H20/c1-18(2)16-9-4-3-8-14(16)15-10-12-6-5-7-13(12)11-17(15)18/h3,8,10-11H,4-7,9H2,1-2H3. The highest BCUT2D eigenvalue weighted by Crippen LogP contribution is 2.51. The topological polar surface area (TPSA) is 0 Å². The third-order valence-corrected chi connectivity index (χ3v) is 5.12. The largest absolute Gasteiger partial charge is 0.0836 e. The Kier molecular flexibility index (Phi) is 1.99. The zero-order valence-electron chi connectivity index (χ0n) is 11.3. The minimum Gasteiger partial charge on any atom is -0.0836 e. The first kappa shape index (κ1) is 10.6. The van der Waals surface area contributed by atoms with E-state index in [9.17, 15) is 0 Å². The van der Waals surface area contributed by atoms with E-state index in [0.29, 0.717) is 0 Å². The Hall–Kier alpha value is -1.30. The smallest absolute Gasteiger partial charge is 0.0121 e. The minimum absolute atomic E-state index is 0.257. The van der Waals surface area contributed by atoms with Crippen LogP contribution in [0.25, 0.3) is 5.57 Å². The van der Waals surface area contributed by atoms with Gasteiger partial charge in [0.2, 0.25) is 0 Å². The van der Waals surface area contributed by atoms with Crippen LogP contribution in [0.15, 0.2) is 29.9 Å². The van der Waals surface area contributed by atoms with Crippen LogP contribution in [0.5, 0.6) is 0 Å². The summed E-state index contributed by atoms with van der Waals surface area (Å²) in [7, 11) is 0. The lowest BCUT2D eigenvalue weighted by atomic mass is 9.78. The maximum absolute atomic E-state index is 2.52. The molecule has 0 saturated carbocycles. The number of benzene rings is 1. The van der Waals surface area contributed by atoms with Gasteiger partial charge in [-0.15, -0.1) is 0 Å². The summed E-state index contributed by atoms with van der Waals surface area (Å²) < 4.78 is 0. The van der Waals surface area contributed by atoms with E-state index in [1.165, 1.54) is 43.2 Å². The zero-order valence-corrected chi connectivity index (χ0v) is 11.3. The fraction of sp³-hybridized carbons (Fsp3) is 0.444. The molecule has 0 unspecified atom stereocenters. The van der Waals surface area contributed by atoms with Crippen molar-refractivity contribution >= 4 is 5.57 Å². The molecule has 1 aromatic carbocycles. The quantitative estimate of drug-likeness (QED) is 0.619. The van der Waals surface area contributed by atoms with Crippen molar-refractivity contribution in [2.24, 2.45) is 0 Å². The van der Waals surface area contributed by atoms with Crippen LogP contribution in [0.4, 0.5) is 0 Å². The molecule has 92 valence electrons. The molecule has 18 heavy (non-hydrogen) atoms. The molecule has 0 heteroatoms. The number of aryl methyl sites for hydroxylation is 2. The Morgan fingerprint density at radius 3 is 2.61 bits per heavy atom. The van der Waals surface area contributed by atoms with E-state index in [1.54, 1.807) is 22.3 Å².